The normalized spacial score (nSPS) is 8.89. The largest absolute Gasteiger partial charge is 0.685 e. The van der Waals surface area contributed by atoms with Crippen LogP contribution in [0.2, 0.25) is 0 Å². The first kappa shape index (κ1) is 25.3. The minimum absolute atomic E-state index is 0. The number of nitrogen functional groups attached to an aromatic ring is 7. The summed E-state index contributed by atoms with van der Waals surface area (Å²) in [4.78, 5) is 0. The standard InChI is InChI=1S/C7H10N3.C6H9N3.C6H8N2.Ho/c1-10-7-4-5(8)2-3-6(7)9;7-4-1-2-5(8)6(9)3-4;7-5-2-1-3-6(8)4-5;/h2-4H,8-9H2,1H3;1-3H,7-9H2;1-4H,7-8H2;/q-1;;;. The van der Waals surface area contributed by atoms with Crippen LogP contribution in [0, 0.1) is 37.7 Å². The molecule has 14 N–H and O–H groups in total. The van der Waals surface area contributed by atoms with E-state index >= 15 is 0 Å². The van der Waals surface area contributed by atoms with Crippen molar-refractivity contribution in [3.05, 3.63) is 66.0 Å². The molecule has 0 amide bonds. The molecule has 1 radical (unpaired) electrons. The van der Waals surface area contributed by atoms with Gasteiger partial charge >= 0.3 is 0 Å². The monoisotopic (exact) mass is 532 g/mol. The van der Waals surface area contributed by atoms with Crippen LogP contribution in [0.3, 0.4) is 0 Å². The second-order valence-corrected chi connectivity index (χ2v) is 5.60. The number of anilines is 7. The molecule has 3 rings (SSSR count). The van der Waals surface area contributed by atoms with Gasteiger partial charge in [-0.2, -0.15) is 0 Å². The van der Waals surface area contributed by atoms with Crippen LogP contribution < -0.4 is 40.1 Å². The van der Waals surface area contributed by atoms with Gasteiger partial charge in [0, 0.05) is 66.2 Å². The summed E-state index contributed by atoms with van der Waals surface area (Å²) in [6.45, 7) is 0. The molecule has 9 heteroatoms. The van der Waals surface area contributed by atoms with Crippen molar-refractivity contribution < 1.29 is 37.7 Å². The molecule has 0 bridgehead atoms. The van der Waals surface area contributed by atoms with Gasteiger partial charge in [-0.15, -0.1) is 12.7 Å². The van der Waals surface area contributed by atoms with E-state index in [-0.39, 0.29) is 37.7 Å². The SMILES string of the molecule is C[N-]c1cc(N)ccc1N.Nc1ccc(N)c(N)c1.Nc1cccc(N)c1.[Ho]. The molecule has 0 unspecified atom stereocenters. The Hall–Kier alpha value is -2.68. The van der Waals surface area contributed by atoms with E-state index < -0.39 is 0 Å². The van der Waals surface area contributed by atoms with Gasteiger partial charge in [0.2, 0.25) is 0 Å². The molecule has 155 valence electrons. The average Bonchev–Trinajstić information content (AvgIpc) is 2.61. The van der Waals surface area contributed by atoms with Crippen LogP contribution in [0.25, 0.3) is 5.32 Å². The van der Waals surface area contributed by atoms with Gasteiger partial charge in [0.05, 0.1) is 11.4 Å². The van der Waals surface area contributed by atoms with E-state index in [4.69, 9.17) is 40.1 Å². The number of benzene rings is 3. The van der Waals surface area contributed by atoms with Gasteiger partial charge in [0.25, 0.3) is 0 Å². The van der Waals surface area contributed by atoms with E-state index in [1.807, 2.05) is 6.07 Å². The topological polar surface area (TPSA) is 196 Å². The third kappa shape index (κ3) is 9.31. The third-order valence-corrected chi connectivity index (χ3v) is 3.32. The van der Waals surface area contributed by atoms with Crippen molar-refractivity contribution in [2.24, 2.45) is 0 Å². The molecule has 0 saturated heterocycles. The molecule has 28 heavy (non-hydrogen) atoms. The van der Waals surface area contributed by atoms with Crippen LogP contribution in [0.1, 0.15) is 0 Å². The van der Waals surface area contributed by atoms with E-state index in [0.717, 1.165) is 5.69 Å². The van der Waals surface area contributed by atoms with Crippen LogP contribution in [0.4, 0.5) is 45.5 Å². The molecule has 3 aromatic rings. The fourth-order valence-electron chi connectivity index (χ4n) is 1.91. The molecule has 0 atom stereocenters. The van der Waals surface area contributed by atoms with Crippen molar-refractivity contribution in [1.82, 2.24) is 0 Å². The van der Waals surface area contributed by atoms with E-state index in [1.54, 1.807) is 61.6 Å². The second kappa shape index (κ2) is 12.7. The quantitative estimate of drug-likeness (QED) is 0.185. The first-order valence-corrected chi connectivity index (χ1v) is 7.99. The molecule has 0 aliphatic heterocycles. The maximum atomic E-state index is 5.55. The fourth-order valence-corrected chi connectivity index (χ4v) is 1.91. The molecular weight excluding hydrogens is 505 g/mol. The molecule has 8 nitrogen and oxygen atoms in total. The number of nitrogens with two attached hydrogens (primary N) is 7. The molecule has 0 aliphatic carbocycles. The Morgan fingerprint density at radius 2 is 1.00 bits per heavy atom. The Bertz CT molecular complexity index is 853. The summed E-state index contributed by atoms with van der Waals surface area (Å²) >= 11 is 0. The first-order valence-electron chi connectivity index (χ1n) is 7.99. The summed E-state index contributed by atoms with van der Waals surface area (Å²) < 4.78 is 0. The number of rotatable bonds is 1. The summed E-state index contributed by atoms with van der Waals surface area (Å²) in [7, 11) is 1.69. The molecule has 0 spiro atoms. The summed E-state index contributed by atoms with van der Waals surface area (Å²) in [5, 5.41) is 3.93. The minimum Gasteiger partial charge on any atom is -0.685 e. The maximum Gasteiger partial charge on any atom is 0.0568 e. The Morgan fingerprint density at radius 3 is 1.36 bits per heavy atom. The smallest absolute Gasteiger partial charge is 0.0568 e. The molecule has 0 heterocycles. The molecule has 0 saturated carbocycles. The van der Waals surface area contributed by atoms with Gasteiger partial charge < -0.3 is 45.5 Å². The van der Waals surface area contributed by atoms with E-state index in [1.165, 1.54) is 0 Å². The van der Waals surface area contributed by atoms with E-state index in [9.17, 15) is 0 Å². The van der Waals surface area contributed by atoms with Gasteiger partial charge in [-0.05, 0) is 48.5 Å². The van der Waals surface area contributed by atoms with Gasteiger partial charge in [-0.1, -0.05) is 12.1 Å². The van der Waals surface area contributed by atoms with Crippen molar-refractivity contribution in [1.29, 1.82) is 0 Å². The average molecular weight is 532 g/mol. The first-order chi connectivity index (χ1) is 12.7. The van der Waals surface area contributed by atoms with Crippen molar-refractivity contribution in [3.8, 4) is 0 Å². The Labute approximate surface area is 195 Å². The van der Waals surface area contributed by atoms with Crippen LogP contribution >= 0.6 is 0 Å². The molecule has 0 fully saturated rings. The number of nitrogens with zero attached hydrogens (tertiary/aromatic N) is 1. The zero-order valence-corrected chi connectivity index (χ0v) is 17.5. The zero-order chi connectivity index (χ0) is 20.4. The molecule has 3 aromatic carbocycles. The molecule has 0 aromatic heterocycles. The summed E-state index contributed by atoms with van der Waals surface area (Å²) in [6.07, 6.45) is 0. The van der Waals surface area contributed by atoms with Crippen molar-refractivity contribution in [2.75, 3.05) is 47.2 Å². The molecule has 0 aliphatic rings. The van der Waals surface area contributed by atoms with Gasteiger partial charge in [0.1, 0.15) is 0 Å². The minimum atomic E-state index is 0. The van der Waals surface area contributed by atoms with Crippen LogP contribution in [0.5, 0.6) is 0 Å². The van der Waals surface area contributed by atoms with Crippen molar-refractivity contribution in [2.45, 2.75) is 0 Å². The predicted octanol–water partition coefficient (Wildman–Crippen LogP) is 2.77. The summed E-state index contributed by atoms with van der Waals surface area (Å²) in [6, 6.07) is 17.4. The third-order valence-electron chi connectivity index (χ3n) is 3.32. The van der Waals surface area contributed by atoms with Crippen molar-refractivity contribution >= 4 is 45.5 Å². The van der Waals surface area contributed by atoms with E-state index in [0.29, 0.717) is 39.8 Å². The Balaban J connectivity index is 0.000000386. The number of hydrogen-bond donors (Lipinski definition) is 7. The number of hydrogen-bond acceptors (Lipinski definition) is 7. The Kier molecular flexibility index (Phi) is 11.4. The second-order valence-electron chi connectivity index (χ2n) is 5.60. The zero-order valence-electron chi connectivity index (χ0n) is 15.6. The predicted molar refractivity (Wildman–Crippen MR) is 119 cm³/mol. The van der Waals surface area contributed by atoms with Crippen LogP contribution in [0.15, 0.2) is 60.7 Å². The molecular formula is C19H27HoN8-. The summed E-state index contributed by atoms with van der Waals surface area (Å²) in [5.41, 5.74) is 43.3. The Morgan fingerprint density at radius 1 is 0.536 bits per heavy atom. The van der Waals surface area contributed by atoms with Crippen LogP contribution in [-0.4, -0.2) is 7.05 Å². The maximum absolute atomic E-state index is 5.55. The fraction of sp³-hybridized carbons (Fsp3) is 0.0526. The van der Waals surface area contributed by atoms with E-state index in [2.05, 4.69) is 5.32 Å². The van der Waals surface area contributed by atoms with Gasteiger partial charge in [-0.25, -0.2) is 0 Å². The van der Waals surface area contributed by atoms with Gasteiger partial charge in [-0.3, -0.25) is 0 Å². The van der Waals surface area contributed by atoms with Crippen molar-refractivity contribution in [3.63, 3.8) is 0 Å². The summed E-state index contributed by atoms with van der Waals surface area (Å²) in [5.74, 6) is 0. The van der Waals surface area contributed by atoms with Crippen LogP contribution in [-0.2, 0) is 0 Å². The van der Waals surface area contributed by atoms with Gasteiger partial charge in [0.15, 0.2) is 0 Å².